The maximum atomic E-state index is 13.0. The van der Waals surface area contributed by atoms with Crippen LogP contribution in [0.15, 0.2) is 22.7 Å². The Balaban J connectivity index is 2.31. The summed E-state index contributed by atoms with van der Waals surface area (Å²) in [7, 11) is 0. The van der Waals surface area contributed by atoms with Gasteiger partial charge in [0.05, 0.1) is 4.47 Å². The van der Waals surface area contributed by atoms with Crippen molar-refractivity contribution in [1.29, 1.82) is 0 Å². The molecule has 4 heteroatoms. The van der Waals surface area contributed by atoms with E-state index in [2.05, 4.69) is 35.1 Å². The predicted octanol–water partition coefficient (Wildman–Crippen LogP) is 4.21. The molecule has 1 rings (SSSR count). The van der Waals surface area contributed by atoms with Crippen LogP contribution in [-0.2, 0) is 6.54 Å². The van der Waals surface area contributed by atoms with Crippen molar-refractivity contribution in [3.05, 3.63) is 34.1 Å². The van der Waals surface area contributed by atoms with Crippen molar-refractivity contribution < 1.29 is 4.39 Å². The van der Waals surface area contributed by atoms with Gasteiger partial charge >= 0.3 is 0 Å². The van der Waals surface area contributed by atoms with E-state index in [4.69, 9.17) is 0 Å². The van der Waals surface area contributed by atoms with E-state index in [1.54, 1.807) is 0 Å². The second-order valence-corrected chi connectivity index (χ2v) is 6.26. The first-order valence-corrected chi connectivity index (χ1v) is 7.83. The van der Waals surface area contributed by atoms with Crippen molar-refractivity contribution in [2.75, 3.05) is 11.5 Å². The normalized spacial score (nSPS) is 12.7. The summed E-state index contributed by atoms with van der Waals surface area (Å²) in [5, 5.41) is 3.45. The molecule has 0 fully saturated rings. The molecular formula is C13H19BrFNS. The van der Waals surface area contributed by atoms with Gasteiger partial charge in [-0.1, -0.05) is 13.0 Å². The van der Waals surface area contributed by atoms with E-state index >= 15 is 0 Å². The molecule has 0 aromatic heterocycles. The summed E-state index contributed by atoms with van der Waals surface area (Å²) in [4.78, 5) is 0. The molecule has 0 aliphatic carbocycles. The van der Waals surface area contributed by atoms with Gasteiger partial charge in [0.2, 0.25) is 0 Å². The quantitative estimate of drug-likeness (QED) is 0.755. The van der Waals surface area contributed by atoms with Gasteiger partial charge in [0.15, 0.2) is 0 Å². The average Bonchev–Trinajstić information content (AvgIpc) is 2.31. The van der Waals surface area contributed by atoms with Gasteiger partial charge in [0, 0.05) is 12.6 Å². The number of nitrogens with one attached hydrogen (secondary N) is 1. The molecule has 96 valence electrons. The molecule has 0 spiro atoms. The van der Waals surface area contributed by atoms with Crippen LogP contribution in [0, 0.1) is 5.82 Å². The molecule has 0 saturated carbocycles. The van der Waals surface area contributed by atoms with Crippen LogP contribution in [0.25, 0.3) is 0 Å². The molecule has 0 saturated heterocycles. The lowest BCUT2D eigenvalue weighted by Gasteiger charge is -2.13. The standard InChI is InChI=1S/C13H19BrFNS/c1-3-17-7-6-10(2)16-9-11-4-5-13(15)12(14)8-11/h4-5,8,10,16H,3,6-7,9H2,1-2H3. The summed E-state index contributed by atoms with van der Waals surface area (Å²) < 4.78 is 13.6. The Morgan fingerprint density at radius 3 is 2.88 bits per heavy atom. The van der Waals surface area contributed by atoms with Crippen molar-refractivity contribution in [1.82, 2.24) is 5.32 Å². The molecule has 1 atom stereocenters. The Morgan fingerprint density at radius 1 is 1.47 bits per heavy atom. The number of hydrogen-bond donors (Lipinski definition) is 1. The van der Waals surface area contributed by atoms with Crippen LogP contribution in [0.3, 0.4) is 0 Å². The fraction of sp³-hybridized carbons (Fsp3) is 0.538. The van der Waals surface area contributed by atoms with Crippen LogP contribution in [0.5, 0.6) is 0 Å². The Hall–Kier alpha value is -0.0600. The molecule has 1 aromatic carbocycles. The lowest BCUT2D eigenvalue weighted by Crippen LogP contribution is -2.26. The van der Waals surface area contributed by atoms with E-state index < -0.39 is 0 Å². The summed E-state index contributed by atoms with van der Waals surface area (Å²) in [6.07, 6.45) is 1.17. The van der Waals surface area contributed by atoms with Crippen molar-refractivity contribution >= 4 is 27.7 Å². The summed E-state index contributed by atoms with van der Waals surface area (Å²) in [5.74, 6) is 2.16. The first-order valence-electron chi connectivity index (χ1n) is 5.88. The molecule has 0 bridgehead atoms. The summed E-state index contributed by atoms with van der Waals surface area (Å²) in [6.45, 7) is 5.16. The highest BCUT2D eigenvalue weighted by atomic mass is 79.9. The van der Waals surface area contributed by atoms with Gasteiger partial charge < -0.3 is 5.32 Å². The van der Waals surface area contributed by atoms with Crippen molar-refractivity contribution in [2.24, 2.45) is 0 Å². The van der Waals surface area contributed by atoms with E-state index in [9.17, 15) is 4.39 Å². The van der Waals surface area contributed by atoms with Crippen LogP contribution in [0.2, 0.25) is 0 Å². The van der Waals surface area contributed by atoms with E-state index in [1.165, 1.54) is 24.0 Å². The molecule has 17 heavy (non-hydrogen) atoms. The molecule has 0 radical (unpaired) electrons. The molecule has 0 heterocycles. The molecule has 0 aliphatic rings. The van der Waals surface area contributed by atoms with Gasteiger partial charge in [0.25, 0.3) is 0 Å². The van der Waals surface area contributed by atoms with Gasteiger partial charge in [-0.3, -0.25) is 0 Å². The van der Waals surface area contributed by atoms with E-state index in [-0.39, 0.29) is 5.82 Å². The Kier molecular flexibility index (Phi) is 7.16. The topological polar surface area (TPSA) is 12.0 Å². The molecule has 0 aliphatic heterocycles. The zero-order valence-electron chi connectivity index (χ0n) is 10.3. The van der Waals surface area contributed by atoms with Crippen LogP contribution in [-0.4, -0.2) is 17.5 Å². The molecule has 1 nitrogen and oxygen atoms in total. The number of rotatable bonds is 7. The van der Waals surface area contributed by atoms with Gasteiger partial charge in [-0.15, -0.1) is 0 Å². The zero-order chi connectivity index (χ0) is 12.7. The third-order valence-corrected chi connectivity index (χ3v) is 4.08. The van der Waals surface area contributed by atoms with Gasteiger partial charge in [-0.25, -0.2) is 4.39 Å². The fourth-order valence-corrected chi connectivity index (χ4v) is 2.68. The lowest BCUT2D eigenvalue weighted by atomic mass is 10.2. The Labute approximate surface area is 116 Å². The van der Waals surface area contributed by atoms with E-state index in [0.717, 1.165) is 12.1 Å². The van der Waals surface area contributed by atoms with Crippen LogP contribution in [0.4, 0.5) is 4.39 Å². The van der Waals surface area contributed by atoms with Gasteiger partial charge in [-0.2, -0.15) is 11.8 Å². The molecule has 1 N–H and O–H groups in total. The molecular weight excluding hydrogens is 301 g/mol. The first kappa shape index (κ1) is 15.0. The highest BCUT2D eigenvalue weighted by molar-refractivity contribution is 9.10. The summed E-state index contributed by atoms with van der Waals surface area (Å²) >= 11 is 5.16. The van der Waals surface area contributed by atoms with Crippen molar-refractivity contribution in [3.8, 4) is 0 Å². The minimum atomic E-state index is -0.207. The van der Waals surface area contributed by atoms with Crippen LogP contribution < -0.4 is 5.32 Å². The third-order valence-electron chi connectivity index (χ3n) is 2.54. The SMILES string of the molecule is CCSCCC(C)NCc1ccc(F)c(Br)c1. The Bertz CT molecular complexity index is 346. The summed E-state index contributed by atoms with van der Waals surface area (Å²) in [5.41, 5.74) is 1.10. The zero-order valence-corrected chi connectivity index (χ0v) is 12.7. The predicted molar refractivity (Wildman–Crippen MR) is 78.0 cm³/mol. The van der Waals surface area contributed by atoms with Crippen molar-refractivity contribution in [3.63, 3.8) is 0 Å². The average molecular weight is 320 g/mol. The number of benzene rings is 1. The summed E-state index contributed by atoms with van der Waals surface area (Å²) in [6, 6.07) is 5.65. The Morgan fingerprint density at radius 2 is 2.24 bits per heavy atom. The monoisotopic (exact) mass is 319 g/mol. The smallest absolute Gasteiger partial charge is 0.137 e. The minimum Gasteiger partial charge on any atom is -0.310 e. The van der Waals surface area contributed by atoms with E-state index in [1.807, 2.05) is 23.9 Å². The number of hydrogen-bond acceptors (Lipinski definition) is 2. The number of thioether (sulfide) groups is 1. The second-order valence-electron chi connectivity index (χ2n) is 4.02. The largest absolute Gasteiger partial charge is 0.310 e. The van der Waals surface area contributed by atoms with E-state index in [0.29, 0.717) is 10.5 Å². The lowest BCUT2D eigenvalue weighted by molar-refractivity contribution is 0.536. The van der Waals surface area contributed by atoms with Crippen LogP contribution >= 0.6 is 27.7 Å². The minimum absolute atomic E-state index is 0.207. The highest BCUT2D eigenvalue weighted by Gasteiger charge is 2.03. The van der Waals surface area contributed by atoms with Gasteiger partial charge in [0.1, 0.15) is 5.82 Å². The second kappa shape index (κ2) is 8.11. The third kappa shape index (κ3) is 5.89. The first-order chi connectivity index (χ1) is 8.13. The molecule has 1 unspecified atom stereocenters. The maximum Gasteiger partial charge on any atom is 0.137 e. The number of halogens is 2. The maximum absolute atomic E-state index is 13.0. The molecule has 0 amide bonds. The molecule has 1 aromatic rings. The van der Waals surface area contributed by atoms with Crippen LogP contribution in [0.1, 0.15) is 25.8 Å². The van der Waals surface area contributed by atoms with Gasteiger partial charge in [-0.05, 0) is 58.5 Å². The fourth-order valence-electron chi connectivity index (χ4n) is 1.45. The van der Waals surface area contributed by atoms with Crippen molar-refractivity contribution in [2.45, 2.75) is 32.9 Å². The highest BCUT2D eigenvalue weighted by Crippen LogP contribution is 2.16.